The van der Waals surface area contributed by atoms with E-state index in [1.807, 2.05) is 0 Å². The van der Waals surface area contributed by atoms with Crippen molar-refractivity contribution in [1.29, 1.82) is 0 Å². The summed E-state index contributed by atoms with van der Waals surface area (Å²) in [6.45, 7) is 0. The molecule has 0 fully saturated rings. The van der Waals surface area contributed by atoms with Gasteiger partial charge in [0.25, 0.3) is 0 Å². The molecule has 3 aromatic rings. The molecule has 0 aromatic heterocycles. The van der Waals surface area contributed by atoms with Crippen molar-refractivity contribution in [3.8, 4) is 0 Å². The molecule has 3 aromatic carbocycles. The van der Waals surface area contributed by atoms with Crippen molar-refractivity contribution < 1.29 is 62.3 Å². The Kier molecular flexibility index (Phi) is 8.41. The van der Waals surface area contributed by atoms with Crippen LogP contribution in [0.25, 0.3) is 0 Å². The van der Waals surface area contributed by atoms with E-state index in [0.29, 0.717) is 36.4 Å². The van der Waals surface area contributed by atoms with Gasteiger partial charge in [-0.2, -0.15) is 0 Å². The van der Waals surface area contributed by atoms with Crippen LogP contribution in [0, 0.1) is 52.4 Å². The molecule has 16 heteroatoms. The van der Waals surface area contributed by atoms with Crippen LogP contribution in [0.5, 0.6) is 0 Å². The predicted octanol–water partition coefficient (Wildman–Crippen LogP) is 4.79. The van der Waals surface area contributed by atoms with Crippen LogP contribution in [0.15, 0.2) is 36.4 Å². The second-order valence-corrected chi connectivity index (χ2v) is 10.4. The summed E-state index contributed by atoms with van der Waals surface area (Å²) in [4.78, 5) is 36.8. The Bertz CT molecular complexity index is 1260. The standard InChI is InChI=1S/3C7H3F3O2.Bi/c3*8-4-2-1-3(7(11)12)5(9)6(4)10;/h3*1-2H,(H,11,12);/q;;;+3/p-3. The Morgan fingerprint density at radius 1 is 0.432 bits per heavy atom. The van der Waals surface area contributed by atoms with Crippen LogP contribution in [0.3, 0.4) is 0 Å². The first-order valence-electron chi connectivity index (χ1n) is 9.21. The molecule has 0 atom stereocenters. The average molecular weight is 734 g/mol. The maximum absolute atomic E-state index is 13.9. The van der Waals surface area contributed by atoms with Gasteiger partial charge in [-0.1, -0.05) is 0 Å². The van der Waals surface area contributed by atoms with Crippen LogP contribution in [0.4, 0.5) is 39.5 Å². The minimum atomic E-state index is -5.57. The monoisotopic (exact) mass is 734 g/mol. The molecule has 0 unspecified atom stereocenters. The summed E-state index contributed by atoms with van der Waals surface area (Å²) in [7, 11) is 0. The number of hydrogen-bond acceptors (Lipinski definition) is 6. The molecule has 0 N–H and O–H groups in total. The molecule has 3 rings (SSSR count). The molecule has 0 spiro atoms. The van der Waals surface area contributed by atoms with Crippen molar-refractivity contribution in [3.63, 3.8) is 0 Å². The van der Waals surface area contributed by atoms with E-state index in [0.717, 1.165) is 0 Å². The molecule has 0 radical (unpaired) electrons. The summed E-state index contributed by atoms with van der Waals surface area (Å²) in [6.07, 6.45) is 0. The van der Waals surface area contributed by atoms with Crippen LogP contribution in [0.2, 0.25) is 0 Å². The van der Waals surface area contributed by atoms with Crippen molar-refractivity contribution in [2.75, 3.05) is 0 Å². The molecule has 37 heavy (non-hydrogen) atoms. The summed E-state index contributed by atoms with van der Waals surface area (Å²) >= 11 is -5.57. The second kappa shape index (κ2) is 11.2. The van der Waals surface area contributed by atoms with Gasteiger partial charge in [-0.3, -0.25) is 0 Å². The summed E-state index contributed by atoms with van der Waals surface area (Å²) in [5.41, 5.74) is -3.91. The van der Waals surface area contributed by atoms with E-state index in [1.54, 1.807) is 0 Å². The molecule has 0 aliphatic carbocycles. The topological polar surface area (TPSA) is 78.9 Å². The van der Waals surface area contributed by atoms with E-state index in [9.17, 15) is 53.9 Å². The summed E-state index contributed by atoms with van der Waals surface area (Å²) in [5.74, 6) is -23.5. The Morgan fingerprint density at radius 2 is 0.676 bits per heavy atom. The van der Waals surface area contributed by atoms with Crippen LogP contribution in [0.1, 0.15) is 31.1 Å². The number of benzene rings is 3. The van der Waals surface area contributed by atoms with Gasteiger partial charge in [0.15, 0.2) is 0 Å². The van der Waals surface area contributed by atoms with Gasteiger partial charge in [-0.25, -0.2) is 0 Å². The third kappa shape index (κ3) is 5.84. The molecule has 0 aliphatic rings. The van der Waals surface area contributed by atoms with Crippen molar-refractivity contribution in [1.82, 2.24) is 0 Å². The van der Waals surface area contributed by atoms with E-state index >= 15 is 0 Å². The Morgan fingerprint density at radius 3 is 0.919 bits per heavy atom. The number of hydrogen-bond donors (Lipinski definition) is 0. The molecular weight excluding hydrogens is 728 g/mol. The third-order valence-corrected chi connectivity index (χ3v) is 7.91. The van der Waals surface area contributed by atoms with E-state index in [2.05, 4.69) is 8.44 Å². The summed E-state index contributed by atoms with van der Waals surface area (Å²) < 4.78 is 135. The van der Waals surface area contributed by atoms with Crippen LogP contribution in [-0.2, 0) is 8.44 Å². The zero-order valence-electron chi connectivity index (χ0n) is 17.3. The van der Waals surface area contributed by atoms with Gasteiger partial charge < -0.3 is 0 Å². The van der Waals surface area contributed by atoms with E-state index < -0.39 is 110 Å². The van der Waals surface area contributed by atoms with E-state index in [4.69, 9.17) is 0 Å². The molecule has 0 heterocycles. The fourth-order valence-electron chi connectivity index (χ4n) is 2.46. The molecule has 0 amide bonds. The Balaban J connectivity index is 1.94. The Hall–Kier alpha value is -3.68. The minimum absolute atomic E-state index is 0.296. The average Bonchev–Trinajstić information content (AvgIpc) is 2.84. The molecular formula is C21H6BiF9O6. The summed E-state index contributed by atoms with van der Waals surface area (Å²) in [5, 5.41) is 0. The van der Waals surface area contributed by atoms with Crippen molar-refractivity contribution in [2.24, 2.45) is 0 Å². The van der Waals surface area contributed by atoms with Crippen molar-refractivity contribution in [3.05, 3.63) is 105 Å². The first kappa shape index (κ1) is 27.9. The molecule has 0 saturated heterocycles. The van der Waals surface area contributed by atoms with Crippen molar-refractivity contribution >= 4 is 41.0 Å². The van der Waals surface area contributed by atoms with Crippen molar-refractivity contribution in [2.45, 2.75) is 0 Å². The van der Waals surface area contributed by atoms with Gasteiger partial charge in [0.2, 0.25) is 0 Å². The fraction of sp³-hybridized carbons (Fsp3) is 0. The number of rotatable bonds is 6. The number of carbonyl (C=O) groups excluding carboxylic acids is 3. The zero-order valence-corrected chi connectivity index (χ0v) is 20.7. The van der Waals surface area contributed by atoms with Gasteiger partial charge in [-0.15, -0.1) is 0 Å². The van der Waals surface area contributed by atoms with Gasteiger partial charge in [-0.05, 0) is 0 Å². The molecule has 6 nitrogen and oxygen atoms in total. The first-order chi connectivity index (χ1) is 17.3. The molecule has 0 bridgehead atoms. The van der Waals surface area contributed by atoms with Gasteiger partial charge in [0, 0.05) is 0 Å². The second-order valence-electron chi connectivity index (χ2n) is 6.53. The normalized spacial score (nSPS) is 10.9. The number of carbonyl (C=O) groups is 3. The van der Waals surface area contributed by atoms with E-state index in [1.165, 1.54) is 0 Å². The van der Waals surface area contributed by atoms with Crippen LogP contribution >= 0.6 is 0 Å². The number of halogens is 9. The van der Waals surface area contributed by atoms with Gasteiger partial charge in [0.1, 0.15) is 0 Å². The zero-order chi connectivity index (χ0) is 27.6. The van der Waals surface area contributed by atoms with Gasteiger partial charge in [0.05, 0.1) is 0 Å². The molecule has 194 valence electrons. The predicted molar refractivity (Wildman–Crippen MR) is 101 cm³/mol. The molecule has 0 saturated carbocycles. The Labute approximate surface area is 208 Å². The molecule has 0 aliphatic heterocycles. The fourth-order valence-corrected chi connectivity index (χ4v) is 5.62. The SMILES string of the molecule is O=C([O][Bi]([O]C(=O)c1ccc(F)c(F)c1F)[O]C(=O)c1ccc(F)c(F)c1F)c1ccc(F)c(F)c1F. The first-order valence-corrected chi connectivity index (χ1v) is 13.5. The van der Waals surface area contributed by atoms with Crippen LogP contribution in [-0.4, -0.2) is 41.0 Å². The van der Waals surface area contributed by atoms with Crippen LogP contribution < -0.4 is 0 Å². The van der Waals surface area contributed by atoms with E-state index in [-0.39, 0.29) is 0 Å². The summed E-state index contributed by atoms with van der Waals surface area (Å²) in [6, 6.07) is 2.03. The maximum atomic E-state index is 13.9. The quantitative estimate of drug-likeness (QED) is 0.206. The van der Waals surface area contributed by atoms with Gasteiger partial charge >= 0.3 is 209 Å². The third-order valence-electron chi connectivity index (χ3n) is 4.24.